The highest BCUT2D eigenvalue weighted by Crippen LogP contribution is 2.25. The molecule has 18 heavy (non-hydrogen) atoms. The average Bonchev–Trinajstić information content (AvgIpc) is 2.83. The van der Waals surface area contributed by atoms with Crippen LogP contribution in [-0.4, -0.2) is 7.11 Å². The molecule has 0 saturated heterocycles. The summed E-state index contributed by atoms with van der Waals surface area (Å²) in [5.41, 5.74) is 0.980. The number of anilines is 1. The van der Waals surface area contributed by atoms with Crippen molar-refractivity contribution in [2.24, 2.45) is 0 Å². The van der Waals surface area contributed by atoms with Crippen LogP contribution in [0, 0.1) is 11.3 Å². The molecule has 0 aliphatic heterocycles. The summed E-state index contributed by atoms with van der Waals surface area (Å²) in [6.45, 7) is 0.700. The van der Waals surface area contributed by atoms with E-state index in [-0.39, 0.29) is 0 Å². The number of rotatable bonds is 4. The van der Waals surface area contributed by atoms with Crippen molar-refractivity contribution >= 4 is 33.0 Å². The number of nitriles is 1. The zero-order valence-electron chi connectivity index (χ0n) is 9.74. The molecule has 1 aromatic carbocycles. The first-order valence-corrected chi connectivity index (χ1v) is 6.89. The summed E-state index contributed by atoms with van der Waals surface area (Å²) < 4.78 is 6.16. The number of hydrogen-bond acceptors (Lipinski definition) is 4. The molecule has 0 spiro atoms. The van der Waals surface area contributed by atoms with E-state index in [1.807, 2.05) is 30.3 Å². The van der Waals surface area contributed by atoms with Crippen LogP contribution in [0.15, 0.2) is 34.8 Å². The van der Waals surface area contributed by atoms with Gasteiger partial charge in [0.2, 0.25) is 0 Å². The topological polar surface area (TPSA) is 45.0 Å². The molecule has 0 unspecified atom stereocenters. The second kappa shape index (κ2) is 5.89. The SMILES string of the molecule is COc1cc(Br)cc(NCc2ccc(C#N)s2)c1. The molecular formula is C13H11BrN2OS. The number of nitrogens with zero attached hydrogens (tertiary/aromatic N) is 1. The first-order valence-electron chi connectivity index (χ1n) is 5.28. The normalized spacial score (nSPS) is 9.83. The first-order chi connectivity index (χ1) is 8.71. The van der Waals surface area contributed by atoms with Gasteiger partial charge in [0.15, 0.2) is 0 Å². The fourth-order valence-electron chi connectivity index (χ4n) is 1.50. The molecule has 0 aliphatic carbocycles. The Labute approximate surface area is 118 Å². The van der Waals surface area contributed by atoms with Gasteiger partial charge in [0.25, 0.3) is 0 Å². The van der Waals surface area contributed by atoms with E-state index in [0.717, 1.165) is 25.7 Å². The van der Waals surface area contributed by atoms with Crippen molar-refractivity contribution in [2.45, 2.75) is 6.54 Å². The quantitative estimate of drug-likeness (QED) is 0.925. The average molecular weight is 323 g/mol. The lowest BCUT2D eigenvalue weighted by atomic mass is 10.3. The lowest BCUT2D eigenvalue weighted by molar-refractivity contribution is 0.414. The van der Waals surface area contributed by atoms with Crippen LogP contribution >= 0.6 is 27.3 Å². The molecule has 0 atom stereocenters. The maximum Gasteiger partial charge on any atom is 0.122 e. The van der Waals surface area contributed by atoms with Gasteiger partial charge in [-0.05, 0) is 24.3 Å². The van der Waals surface area contributed by atoms with Crippen molar-refractivity contribution < 1.29 is 4.74 Å². The molecule has 0 saturated carbocycles. The number of nitrogens with one attached hydrogen (secondary N) is 1. The number of benzene rings is 1. The Balaban J connectivity index is 2.06. The smallest absolute Gasteiger partial charge is 0.122 e. The van der Waals surface area contributed by atoms with Gasteiger partial charge in [0.05, 0.1) is 7.11 Å². The molecule has 2 aromatic rings. The zero-order chi connectivity index (χ0) is 13.0. The molecule has 0 aliphatic rings. The lowest BCUT2D eigenvalue weighted by Gasteiger charge is -2.08. The predicted molar refractivity (Wildman–Crippen MR) is 77.1 cm³/mol. The highest BCUT2D eigenvalue weighted by molar-refractivity contribution is 9.10. The Hall–Kier alpha value is -1.51. The van der Waals surface area contributed by atoms with Gasteiger partial charge < -0.3 is 10.1 Å². The minimum Gasteiger partial charge on any atom is -0.497 e. The van der Waals surface area contributed by atoms with Gasteiger partial charge in [-0.2, -0.15) is 5.26 Å². The van der Waals surface area contributed by atoms with Crippen molar-refractivity contribution in [3.63, 3.8) is 0 Å². The van der Waals surface area contributed by atoms with Crippen molar-refractivity contribution in [1.82, 2.24) is 0 Å². The van der Waals surface area contributed by atoms with E-state index in [4.69, 9.17) is 10.00 Å². The minimum absolute atomic E-state index is 0.700. The van der Waals surface area contributed by atoms with Gasteiger partial charge >= 0.3 is 0 Å². The number of thiophene rings is 1. The van der Waals surface area contributed by atoms with E-state index < -0.39 is 0 Å². The van der Waals surface area contributed by atoms with Gasteiger partial charge in [0.1, 0.15) is 16.7 Å². The molecule has 5 heteroatoms. The third-order valence-electron chi connectivity index (χ3n) is 2.35. The van der Waals surface area contributed by atoms with Crippen molar-refractivity contribution in [3.8, 4) is 11.8 Å². The van der Waals surface area contributed by atoms with Crippen LogP contribution < -0.4 is 10.1 Å². The molecule has 1 heterocycles. The molecule has 0 radical (unpaired) electrons. The number of hydrogen-bond donors (Lipinski definition) is 1. The Morgan fingerprint density at radius 2 is 2.22 bits per heavy atom. The third-order valence-corrected chi connectivity index (χ3v) is 3.79. The van der Waals surface area contributed by atoms with Gasteiger partial charge in [-0.15, -0.1) is 11.3 Å². The number of halogens is 1. The summed E-state index contributed by atoms with van der Waals surface area (Å²) in [7, 11) is 1.64. The Morgan fingerprint density at radius 3 is 2.89 bits per heavy atom. The van der Waals surface area contributed by atoms with E-state index in [1.54, 1.807) is 7.11 Å². The van der Waals surface area contributed by atoms with Crippen LogP contribution in [0.25, 0.3) is 0 Å². The van der Waals surface area contributed by atoms with Crippen LogP contribution in [0.5, 0.6) is 5.75 Å². The molecule has 1 aromatic heterocycles. The van der Waals surface area contributed by atoms with Crippen LogP contribution in [0.4, 0.5) is 5.69 Å². The van der Waals surface area contributed by atoms with Crippen molar-refractivity contribution in [2.75, 3.05) is 12.4 Å². The molecule has 0 fully saturated rings. The van der Waals surface area contributed by atoms with Crippen LogP contribution in [0.2, 0.25) is 0 Å². The summed E-state index contributed by atoms with van der Waals surface area (Å²) in [6, 6.07) is 11.8. The fourth-order valence-corrected chi connectivity index (χ4v) is 2.72. The molecule has 1 N–H and O–H groups in total. The summed E-state index contributed by atoms with van der Waals surface area (Å²) in [5, 5.41) is 12.1. The first kappa shape index (κ1) is 12.9. The predicted octanol–water partition coefficient (Wildman–Crippen LogP) is 4.00. The third kappa shape index (κ3) is 3.25. The molecule has 3 nitrogen and oxygen atoms in total. The highest BCUT2D eigenvalue weighted by Gasteiger charge is 2.02. The summed E-state index contributed by atoms with van der Waals surface area (Å²) in [5.74, 6) is 0.802. The monoisotopic (exact) mass is 322 g/mol. The Bertz CT molecular complexity index is 589. The van der Waals surface area contributed by atoms with Crippen LogP contribution in [0.1, 0.15) is 9.75 Å². The lowest BCUT2D eigenvalue weighted by Crippen LogP contribution is -1.97. The van der Waals surface area contributed by atoms with Crippen molar-refractivity contribution in [3.05, 3.63) is 44.6 Å². The van der Waals surface area contributed by atoms with Gasteiger partial charge in [0, 0.05) is 27.6 Å². The van der Waals surface area contributed by atoms with Crippen molar-refractivity contribution in [1.29, 1.82) is 5.26 Å². The largest absolute Gasteiger partial charge is 0.497 e. The second-order valence-electron chi connectivity index (χ2n) is 3.61. The molecule has 2 rings (SSSR count). The van der Waals surface area contributed by atoms with E-state index in [1.165, 1.54) is 11.3 Å². The summed E-state index contributed by atoms with van der Waals surface area (Å²) in [6.07, 6.45) is 0. The molecule has 92 valence electrons. The second-order valence-corrected chi connectivity index (χ2v) is 5.70. The van der Waals surface area contributed by atoms with E-state index >= 15 is 0 Å². The highest BCUT2D eigenvalue weighted by atomic mass is 79.9. The maximum atomic E-state index is 8.76. The fraction of sp³-hybridized carbons (Fsp3) is 0.154. The van der Waals surface area contributed by atoms with E-state index in [2.05, 4.69) is 27.3 Å². The van der Waals surface area contributed by atoms with Gasteiger partial charge in [-0.25, -0.2) is 0 Å². The Morgan fingerprint density at radius 1 is 1.39 bits per heavy atom. The van der Waals surface area contributed by atoms with E-state index in [0.29, 0.717) is 6.54 Å². The Kier molecular flexibility index (Phi) is 4.24. The molecular weight excluding hydrogens is 312 g/mol. The van der Waals surface area contributed by atoms with E-state index in [9.17, 15) is 0 Å². The zero-order valence-corrected chi connectivity index (χ0v) is 12.1. The van der Waals surface area contributed by atoms with Gasteiger partial charge in [-0.3, -0.25) is 0 Å². The minimum atomic E-state index is 0.700. The summed E-state index contributed by atoms with van der Waals surface area (Å²) in [4.78, 5) is 1.86. The van der Waals surface area contributed by atoms with Crippen LogP contribution in [-0.2, 0) is 6.54 Å². The maximum absolute atomic E-state index is 8.76. The van der Waals surface area contributed by atoms with Crippen LogP contribution in [0.3, 0.4) is 0 Å². The van der Waals surface area contributed by atoms with Gasteiger partial charge in [-0.1, -0.05) is 15.9 Å². The summed E-state index contributed by atoms with van der Waals surface area (Å²) >= 11 is 4.93. The number of methoxy groups -OCH3 is 1. The molecule has 0 bridgehead atoms. The molecule has 0 amide bonds. The standard InChI is InChI=1S/C13H11BrN2OS/c1-17-11-5-9(14)4-10(6-11)16-8-13-3-2-12(7-15)18-13/h2-6,16H,8H2,1H3. The number of ether oxygens (including phenoxy) is 1.